The molecule has 21 heavy (non-hydrogen) atoms. The van der Waals surface area contributed by atoms with Gasteiger partial charge >= 0.3 is 5.97 Å². The van der Waals surface area contributed by atoms with Gasteiger partial charge in [-0.3, -0.25) is 9.59 Å². The fourth-order valence-electron chi connectivity index (χ4n) is 1.88. The number of esters is 1. The average Bonchev–Trinajstić information content (AvgIpc) is 2.52. The van der Waals surface area contributed by atoms with Gasteiger partial charge in [0.1, 0.15) is 12.6 Å². The van der Waals surface area contributed by atoms with E-state index < -0.39 is 12.1 Å². The van der Waals surface area contributed by atoms with Gasteiger partial charge in [0.05, 0.1) is 13.7 Å². The number of rotatable bonds is 8. The Labute approximate surface area is 125 Å². The highest BCUT2D eigenvalue weighted by Gasteiger charge is 2.22. The number of carbonyl (C=O) groups excluding carboxylic acids is 2. The van der Waals surface area contributed by atoms with Crippen molar-refractivity contribution < 1.29 is 19.1 Å². The van der Waals surface area contributed by atoms with Crippen LogP contribution in [-0.4, -0.2) is 43.1 Å². The molecule has 0 aromatic heterocycles. The molecule has 5 nitrogen and oxygen atoms in total. The number of ether oxygens (including phenoxy) is 2. The summed E-state index contributed by atoms with van der Waals surface area (Å²) in [5.41, 5.74) is 1.01. The molecule has 0 saturated heterocycles. The minimum Gasteiger partial charge on any atom is -0.468 e. The molecule has 0 fully saturated rings. The zero-order chi connectivity index (χ0) is 15.7. The molecule has 0 N–H and O–H groups in total. The highest BCUT2D eigenvalue weighted by atomic mass is 16.5. The summed E-state index contributed by atoms with van der Waals surface area (Å²) in [4.78, 5) is 25.1. The SMILES string of the molecule is CCCN(CC(=O)OC)C(=O)C(C)OCc1ccccc1. The van der Waals surface area contributed by atoms with Gasteiger partial charge in [-0.15, -0.1) is 0 Å². The van der Waals surface area contributed by atoms with Gasteiger partial charge in [0, 0.05) is 6.54 Å². The van der Waals surface area contributed by atoms with Crippen LogP contribution < -0.4 is 0 Å². The molecular formula is C16H23NO4. The van der Waals surface area contributed by atoms with E-state index in [1.165, 1.54) is 12.0 Å². The first-order chi connectivity index (χ1) is 10.1. The smallest absolute Gasteiger partial charge is 0.325 e. The lowest BCUT2D eigenvalue weighted by atomic mass is 10.2. The summed E-state index contributed by atoms with van der Waals surface area (Å²) in [5, 5.41) is 0. The monoisotopic (exact) mass is 293 g/mol. The summed E-state index contributed by atoms with van der Waals surface area (Å²) in [7, 11) is 1.31. The molecule has 1 rings (SSSR count). The Bertz CT molecular complexity index is 447. The zero-order valence-corrected chi connectivity index (χ0v) is 12.9. The molecule has 0 bridgehead atoms. The Hall–Kier alpha value is -1.88. The van der Waals surface area contributed by atoms with E-state index in [-0.39, 0.29) is 12.5 Å². The number of nitrogens with zero attached hydrogens (tertiary/aromatic N) is 1. The van der Waals surface area contributed by atoms with Crippen molar-refractivity contribution in [3.63, 3.8) is 0 Å². The first-order valence-corrected chi connectivity index (χ1v) is 7.09. The topological polar surface area (TPSA) is 55.8 Å². The molecule has 0 heterocycles. The van der Waals surface area contributed by atoms with Crippen LogP contribution in [0.2, 0.25) is 0 Å². The lowest BCUT2D eigenvalue weighted by Gasteiger charge is -2.24. The number of methoxy groups -OCH3 is 1. The number of hydrogen-bond acceptors (Lipinski definition) is 4. The fraction of sp³-hybridized carbons (Fsp3) is 0.500. The van der Waals surface area contributed by atoms with Crippen molar-refractivity contribution in [2.45, 2.75) is 33.0 Å². The number of benzene rings is 1. The van der Waals surface area contributed by atoms with E-state index in [1.807, 2.05) is 37.3 Å². The Balaban J connectivity index is 2.54. The summed E-state index contributed by atoms with van der Waals surface area (Å²) in [6.07, 6.45) is 0.176. The van der Waals surface area contributed by atoms with Crippen LogP contribution in [0.25, 0.3) is 0 Å². The summed E-state index contributed by atoms with van der Waals surface area (Å²) in [6.45, 7) is 4.49. The Morgan fingerprint density at radius 3 is 2.48 bits per heavy atom. The third kappa shape index (κ3) is 5.95. The Morgan fingerprint density at radius 1 is 1.24 bits per heavy atom. The van der Waals surface area contributed by atoms with E-state index in [9.17, 15) is 9.59 Å². The quantitative estimate of drug-likeness (QED) is 0.688. The minimum absolute atomic E-state index is 0.0395. The summed E-state index contributed by atoms with van der Waals surface area (Å²) < 4.78 is 10.2. The molecule has 0 aliphatic heterocycles. The fourth-order valence-corrected chi connectivity index (χ4v) is 1.88. The van der Waals surface area contributed by atoms with Crippen molar-refractivity contribution in [3.8, 4) is 0 Å². The minimum atomic E-state index is -0.596. The third-order valence-corrected chi connectivity index (χ3v) is 3.04. The van der Waals surface area contributed by atoms with Crippen LogP contribution in [0, 0.1) is 0 Å². The Morgan fingerprint density at radius 2 is 1.90 bits per heavy atom. The van der Waals surface area contributed by atoms with Crippen LogP contribution in [0.1, 0.15) is 25.8 Å². The maximum atomic E-state index is 12.3. The van der Waals surface area contributed by atoms with Gasteiger partial charge < -0.3 is 14.4 Å². The number of amides is 1. The van der Waals surface area contributed by atoms with Gasteiger partial charge in [-0.05, 0) is 18.9 Å². The molecule has 1 atom stereocenters. The maximum Gasteiger partial charge on any atom is 0.325 e. The first kappa shape index (κ1) is 17.2. The zero-order valence-electron chi connectivity index (χ0n) is 12.9. The first-order valence-electron chi connectivity index (χ1n) is 7.09. The van der Waals surface area contributed by atoms with Crippen molar-refractivity contribution >= 4 is 11.9 Å². The van der Waals surface area contributed by atoms with Crippen LogP contribution in [0.4, 0.5) is 0 Å². The van der Waals surface area contributed by atoms with Gasteiger partial charge in [-0.2, -0.15) is 0 Å². The highest BCUT2D eigenvalue weighted by molar-refractivity contribution is 5.84. The molecule has 1 aromatic rings. The predicted octanol–water partition coefficient (Wildman–Crippen LogP) is 2.00. The molecule has 1 unspecified atom stereocenters. The van der Waals surface area contributed by atoms with Crippen LogP contribution in [0.15, 0.2) is 30.3 Å². The van der Waals surface area contributed by atoms with E-state index in [1.54, 1.807) is 6.92 Å². The van der Waals surface area contributed by atoms with E-state index >= 15 is 0 Å². The molecule has 0 spiro atoms. The molecule has 116 valence electrons. The van der Waals surface area contributed by atoms with E-state index in [4.69, 9.17) is 4.74 Å². The molecule has 0 saturated carbocycles. The normalized spacial score (nSPS) is 11.8. The van der Waals surface area contributed by atoms with E-state index in [0.29, 0.717) is 13.2 Å². The summed E-state index contributed by atoms with van der Waals surface area (Å²) in [6, 6.07) is 9.65. The second kappa shape index (κ2) is 9.13. The van der Waals surface area contributed by atoms with Crippen LogP contribution in [0.3, 0.4) is 0 Å². The van der Waals surface area contributed by atoms with Crippen molar-refractivity contribution in [2.75, 3.05) is 20.2 Å². The molecule has 1 aromatic carbocycles. The summed E-state index contributed by atoms with van der Waals surface area (Å²) >= 11 is 0. The lowest BCUT2D eigenvalue weighted by Crippen LogP contribution is -2.42. The highest BCUT2D eigenvalue weighted by Crippen LogP contribution is 2.06. The second-order valence-corrected chi connectivity index (χ2v) is 4.77. The molecule has 0 aliphatic carbocycles. The van der Waals surface area contributed by atoms with Gasteiger partial charge in [-0.25, -0.2) is 0 Å². The van der Waals surface area contributed by atoms with Gasteiger partial charge in [0.25, 0.3) is 5.91 Å². The molecule has 0 radical (unpaired) electrons. The molecular weight excluding hydrogens is 270 g/mol. The third-order valence-electron chi connectivity index (χ3n) is 3.04. The van der Waals surface area contributed by atoms with Crippen LogP contribution in [-0.2, 0) is 25.7 Å². The maximum absolute atomic E-state index is 12.3. The van der Waals surface area contributed by atoms with E-state index in [0.717, 1.165) is 12.0 Å². The van der Waals surface area contributed by atoms with Crippen molar-refractivity contribution in [2.24, 2.45) is 0 Å². The average molecular weight is 293 g/mol. The van der Waals surface area contributed by atoms with Crippen LogP contribution in [0.5, 0.6) is 0 Å². The number of carbonyl (C=O) groups is 2. The van der Waals surface area contributed by atoms with Crippen molar-refractivity contribution in [3.05, 3.63) is 35.9 Å². The number of hydrogen-bond donors (Lipinski definition) is 0. The standard InChI is InChI=1S/C16H23NO4/c1-4-10-17(11-15(18)20-3)16(19)13(2)21-12-14-8-6-5-7-9-14/h5-9,13H,4,10-12H2,1-3H3. The molecule has 5 heteroatoms. The lowest BCUT2D eigenvalue weighted by molar-refractivity contribution is -0.152. The van der Waals surface area contributed by atoms with E-state index in [2.05, 4.69) is 4.74 Å². The predicted molar refractivity (Wildman–Crippen MR) is 79.6 cm³/mol. The summed E-state index contributed by atoms with van der Waals surface area (Å²) in [5.74, 6) is -0.620. The van der Waals surface area contributed by atoms with Gasteiger partial charge in [-0.1, -0.05) is 37.3 Å². The molecule has 0 aliphatic rings. The Kier molecular flexibility index (Phi) is 7.46. The van der Waals surface area contributed by atoms with Gasteiger partial charge in [0.2, 0.25) is 0 Å². The molecule has 1 amide bonds. The van der Waals surface area contributed by atoms with Crippen molar-refractivity contribution in [1.82, 2.24) is 4.90 Å². The van der Waals surface area contributed by atoms with Gasteiger partial charge in [0.15, 0.2) is 0 Å². The van der Waals surface area contributed by atoms with Crippen LogP contribution >= 0.6 is 0 Å². The largest absolute Gasteiger partial charge is 0.468 e. The second-order valence-electron chi connectivity index (χ2n) is 4.77. The van der Waals surface area contributed by atoms with Crippen molar-refractivity contribution in [1.29, 1.82) is 0 Å².